The molecule has 0 aliphatic heterocycles. The first-order valence-corrected chi connectivity index (χ1v) is 9.95. The molecule has 0 bridgehead atoms. The summed E-state index contributed by atoms with van der Waals surface area (Å²) in [6.45, 7) is 13.9. The van der Waals surface area contributed by atoms with Gasteiger partial charge in [0.25, 0.3) is 8.32 Å². The summed E-state index contributed by atoms with van der Waals surface area (Å²) in [5.41, 5.74) is -0.317. The number of hydrogen-bond acceptors (Lipinski definition) is 3. The Balaban J connectivity index is 3.10. The van der Waals surface area contributed by atoms with Gasteiger partial charge in [-0.05, 0) is 38.4 Å². The molecule has 0 amide bonds. The highest BCUT2D eigenvalue weighted by Crippen LogP contribution is 2.39. The molecule has 4 heteroatoms. The van der Waals surface area contributed by atoms with E-state index in [9.17, 15) is 9.90 Å². The molecule has 0 saturated carbocycles. The second-order valence-corrected chi connectivity index (χ2v) is 12.1. The van der Waals surface area contributed by atoms with Crippen LogP contribution in [0.4, 0.5) is 0 Å². The molecule has 0 aromatic heterocycles. The normalized spacial score (nSPS) is 17.1. The topological polar surface area (TPSA) is 46.5 Å². The van der Waals surface area contributed by atoms with Crippen molar-refractivity contribution in [3.63, 3.8) is 0 Å². The lowest BCUT2D eigenvalue weighted by molar-refractivity contribution is -0.116. The van der Waals surface area contributed by atoms with Crippen LogP contribution in [0.15, 0.2) is 11.3 Å². The maximum atomic E-state index is 12.0. The third kappa shape index (κ3) is 4.22. The van der Waals surface area contributed by atoms with Crippen molar-refractivity contribution in [1.29, 1.82) is 0 Å². The van der Waals surface area contributed by atoms with Crippen molar-refractivity contribution in [2.75, 3.05) is 0 Å². The SMILES string of the molecule is CC(C)(O)C#CC1=C(O[Si](C)(C)C(C)(C)C)C(=O)CC1. The predicted molar refractivity (Wildman–Crippen MR) is 83.6 cm³/mol. The van der Waals surface area contributed by atoms with E-state index in [1.165, 1.54) is 0 Å². The monoisotopic (exact) mass is 294 g/mol. The van der Waals surface area contributed by atoms with E-state index in [0.717, 1.165) is 5.57 Å². The van der Waals surface area contributed by atoms with E-state index in [1.54, 1.807) is 13.8 Å². The Hall–Kier alpha value is -1.05. The van der Waals surface area contributed by atoms with E-state index < -0.39 is 13.9 Å². The zero-order valence-electron chi connectivity index (χ0n) is 13.7. The van der Waals surface area contributed by atoms with Gasteiger partial charge in [0.15, 0.2) is 11.5 Å². The number of aliphatic hydroxyl groups is 1. The number of rotatable bonds is 2. The fourth-order valence-corrected chi connectivity index (χ4v) is 2.56. The van der Waals surface area contributed by atoms with Crippen molar-refractivity contribution in [1.82, 2.24) is 0 Å². The predicted octanol–water partition coefficient (Wildman–Crippen LogP) is 3.40. The average Bonchev–Trinajstić information content (AvgIpc) is 2.54. The minimum Gasteiger partial charge on any atom is -0.541 e. The molecule has 1 rings (SSSR count). The molecular formula is C16H26O3Si. The molecule has 0 heterocycles. The first-order chi connectivity index (χ1) is 8.83. The lowest BCUT2D eigenvalue weighted by Gasteiger charge is -2.36. The smallest absolute Gasteiger partial charge is 0.250 e. The molecule has 0 saturated heterocycles. The summed E-state index contributed by atoms with van der Waals surface area (Å²) in [5, 5.41) is 9.72. The maximum absolute atomic E-state index is 12.0. The Bertz CT molecular complexity index is 491. The molecular weight excluding hydrogens is 268 g/mol. The van der Waals surface area contributed by atoms with Crippen molar-refractivity contribution in [2.24, 2.45) is 0 Å². The summed E-state index contributed by atoms with van der Waals surface area (Å²) >= 11 is 0. The van der Waals surface area contributed by atoms with Gasteiger partial charge in [0.1, 0.15) is 5.60 Å². The summed E-state index contributed by atoms with van der Waals surface area (Å²) in [7, 11) is -2.04. The summed E-state index contributed by atoms with van der Waals surface area (Å²) in [5.74, 6) is 6.18. The second-order valence-electron chi connectivity index (χ2n) is 7.40. The Morgan fingerprint density at radius 2 is 1.70 bits per heavy atom. The van der Waals surface area contributed by atoms with Crippen molar-refractivity contribution in [3.8, 4) is 11.8 Å². The standard InChI is InChI=1S/C16H26O3Si/c1-15(2,3)20(6,7)19-14-12(8-9-13(14)17)10-11-16(4,5)18/h18H,8-9H2,1-7H3. The Labute approximate surface area is 123 Å². The van der Waals surface area contributed by atoms with Gasteiger partial charge in [-0.1, -0.05) is 32.6 Å². The molecule has 0 atom stereocenters. The van der Waals surface area contributed by atoms with Crippen LogP contribution in [0.25, 0.3) is 0 Å². The van der Waals surface area contributed by atoms with Crippen LogP contribution < -0.4 is 0 Å². The number of carbonyl (C=O) groups excluding carboxylic acids is 1. The minimum atomic E-state index is -2.04. The molecule has 0 radical (unpaired) electrons. The summed E-state index contributed by atoms with van der Waals surface area (Å²) in [4.78, 5) is 12.0. The van der Waals surface area contributed by atoms with Gasteiger partial charge in [-0.3, -0.25) is 4.79 Å². The molecule has 1 aliphatic carbocycles. The Kier molecular flexibility index (Phi) is 4.57. The van der Waals surface area contributed by atoms with Crippen LogP contribution in [-0.4, -0.2) is 24.8 Å². The van der Waals surface area contributed by atoms with Crippen LogP contribution in [0, 0.1) is 11.8 Å². The van der Waals surface area contributed by atoms with E-state index in [2.05, 4.69) is 45.7 Å². The van der Waals surface area contributed by atoms with Gasteiger partial charge in [0, 0.05) is 12.0 Å². The number of ketones is 1. The molecule has 1 N–H and O–H groups in total. The summed E-state index contributed by atoms with van der Waals surface area (Å²) in [6.07, 6.45) is 1.08. The molecule has 0 fully saturated rings. The van der Waals surface area contributed by atoms with E-state index >= 15 is 0 Å². The first kappa shape index (κ1) is 17.0. The number of hydrogen-bond donors (Lipinski definition) is 1. The fraction of sp³-hybridized carbons (Fsp3) is 0.688. The van der Waals surface area contributed by atoms with E-state index in [1.807, 2.05) is 0 Å². The van der Waals surface area contributed by atoms with Crippen LogP contribution in [0.5, 0.6) is 0 Å². The Morgan fingerprint density at radius 3 is 2.15 bits per heavy atom. The lowest BCUT2D eigenvalue weighted by Crippen LogP contribution is -2.41. The number of carbonyl (C=O) groups is 1. The quantitative estimate of drug-likeness (QED) is 0.627. The van der Waals surface area contributed by atoms with E-state index in [0.29, 0.717) is 18.6 Å². The van der Waals surface area contributed by atoms with Crippen LogP contribution in [0.3, 0.4) is 0 Å². The first-order valence-electron chi connectivity index (χ1n) is 7.04. The number of Topliss-reactive ketones (excluding diaryl/α,β-unsaturated/α-hetero) is 1. The van der Waals surface area contributed by atoms with Gasteiger partial charge in [0.05, 0.1) is 0 Å². The van der Waals surface area contributed by atoms with Crippen LogP contribution in [0.2, 0.25) is 18.1 Å². The van der Waals surface area contributed by atoms with Gasteiger partial charge in [0.2, 0.25) is 0 Å². The number of allylic oxidation sites excluding steroid dienone is 2. The highest BCUT2D eigenvalue weighted by molar-refractivity contribution is 6.74. The van der Waals surface area contributed by atoms with Crippen molar-refractivity contribution >= 4 is 14.1 Å². The highest BCUT2D eigenvalue weighted by atomic mass is 28.4. The van der Waals surface area contributed by atoms with Gasteiger partial charge in [-0.15, -0.1) is 0 Å². The third-order valence-corrected chi connectivity index (χ3v) is 8.14. The summed E-state index contributed by atoms with van der Waals surface area (Å²) < 4.78 is 6.14. The zero-order valence-corrected chi connectivity index (χ0v) is 14.7. The van der Waals surface area contributed by atoms with Gasteiger partial charge < -0.3 is 9.53 Å². The third-order valence-electron chi connectivity index (χ3n) is 3.81. The van der Waals surface area contributed by atoms with Crippen LogP contribution >= 0.6 is 0 Å². The van der Waals surface area contributed by atoms with Crippen LogP contribution in [0.1, 0.15) is 47.5 Å². The molecule has 1 aliphatic rings. The maximum Gasteiger partial charge on any atom is 0.250 e. The van der Waals surface area contributed by atoms with Crippen LogP contribution in [-0.2, 0) is 9.22 Å². The van der Waals surface area contributed by atoms with Gasteiger partial charge in [-0.2, -0.15) is 0 Å². The molecule has 112 valence electrons. The molecule has 0 unspecified atom stereocenters. The van der Waals surface area contributed by atoms with E-state index in [4.69, 9.17) is 4.43 Å². The summed E-state index contributed by atoms with van der Waals surface area (Å²) in [6, 6.07) is 0. The zero-order chi connectivity index (χ0) is 15.8. The minimum absolute atomic E-state index is 0.0369. The molecule has 0 spiro atoms. The Morgan fingerprint density at radius 1 is 1.15 bits per heavy atom. The lowest BCUT2D eigenvalue weighted by atomic mass is 10.1. The highest BCUT2D eigenvalue weighted by Gasteiger charge is 2.41. The van der Waals surface area contributed by atoms with Gasteiger partial charge >= 0.3 is 0 Å². The molecule has 0 aromatic rings. The fourth-order valence-electron chi connectivity index (χ4n) is 1.51. The largest absolute Gasteiger partial charge is 0.541 e. The van der Waals surface area contributed by atoms with Crippen molar-refractivity contribution < 1.29 is 14.3 Å². The average molecular weight is 294 g/mol. The molecule has 0 aromatic carbocycles. The van der Waals surface area contributed by atoms with E-state index in [-0.39, 0.29) is 10.8 Å². The molecule has 3 nitrogen and oxygen atoms in total. The van der Waals surface area contributed by atoms with Crippen molar-refractivity contribution in [3.05, 3.63) is 11.3 Å². The second kappa shape index (κ2) is 5.38. The van der Waals surface area contributed by atoms with Gasteiger partial charge in [-0.25, -0.2) is 0 Å². The molecule has 20 heavy (non-hydrogen) atoms. The van der Waals surface area contributed by atoms with Crippen molar-refractivity contribution in [2.45, 2.75) is 71.2 Å².